The first-order valence-corrected chi connectivity index (χ1v) is 18.1. The largest absolute Gasteiger partial charge is 0.497 e. The Labute approximate surface area is 335 Å². The summed E-state index contributed by atoms with van der Waals surface area (Å²) in [7, 11) is 3.11. The number of H-pyrrole nitrogens is 1. The van der Waals surface area contributed by atoms with Gasteiger partial charge in [0.2, 0.25) is 5.75 Å². The van der Waals surface area contributed by atoms with E-state index >= 15 is 0 Å². The SMILES string of the molecule is COc1ccc(C(OC[C@H]2O[C@@H](n3cc(C)c(=O)[nH]c3=O)C[C@@H]2OC(=O)CCC(=O)Oc2ccc([N+](=O)[O-])cc2[N+](=O)[O-])(c2ccccc2)c2ccc(OC)cc2)cc1. The molecule has 0 amide bonds. The van der Waals surface area contributed by atoms with Gasteiger partial charge in [-0.2, -0.15) is 0 Å². The smallest absolute Gasteiger partial charge is 0.330 e. The van der Waals surface area contributed by atoms with Crippen molar-refractivity contribution < 1.29 is 47.9 Å². The molecule has 1 N–H and O–H groups in total. The predicted molar refractivity (Wildman–Crippen MR) is 207 cm³/mol. The second-order valence-corrected chi connectivity index (χ2v) is 13.3. The van der Waals surface area contributed by atoms with Gasteiger partial charge in [0, 0.05) is 24.2 Å². The summed E-state index contributed by atoms with van der Waals surface area (Å²) < 4.78 is 36.4. The highest BCUT2D eigenvalue weighted by Crippen LogP contribution is 2.43. The maximum Gasteiger partial charge on any atom is 0.330 e. The zero-order valence-electron chi connectivity index (χ0n) is 31.9. The molecular formula is C41H38N4O14. The molecule has 59 heavy (non-hydrogen) atoms. The number of methoxy groups -OCH3 is 2. The first-order valence-electron chi connectivity index (χ1n) is 18.1. The zero-order chi connectivity index (χ0) is 42.3. The van der Waals surface area contributed by atoms with E-state index in [2.05, 4.69) is 4.98 Å². The Morgan fingerprint density at radius 3 is 2.00 bits per heavy atom. The molecule has 18 nitrogen and oxygen atoms in total. The molecule has 1 fully saturated rings. The minimum atomic E-state index is -1.30. The van der Waals surface area contributed by atoms with Crippen LogP contribution in [0.15, 0.2) is 113 Å². The number of esters is 2. The van der Waals surface area contributed by atoms with E-state index in [0.29, 0.717) is 28.7 Å². The van der Waals surface area contributed by atoms with Crippen molar-refractivity contribution in [1.82, 2.24) is 9.55 Å². The molecule has 0 unspecified atom stereocenters. The average molecular weight is 811 g/mol. The maximum atomic E-state index is 13.3. The van der Waals surface area contributed by atoms with Crippen molar-refractivity contribution in [2.24, 2.45) is 0 Å². The number of nitro groups is 2. The Balaban J connectivity index is 1.29. The van der Waals surface area contributed by atoms with Crippen LogP contribution in [-0.4, -0.2) is 64.4 Å². The van der Waals surface area contributed by atoms with Crippen molar-refractivity contribution in [3.05, 3.63) is 167 Å². The summed E-state index contributed by atoms with van der Waals surface area (Å²) in [6.07, 6.45) is -2.92. The van der Waals surface area contributed by atoms with Gasteiger partial charge in [-0.25, -0.2) is 4.79 Å². The summed E-state index contributed by atoms with van der Waals surface area (Å²) in [6, 6.07) is 26.5. The minimum absolute atomic E-state index is 0.0615. The number of benzene rings is 4. The molecule has 5 aromatic rings. The first-order chi connectivity index (χ1) is 28.3. The number of nitrogens with one attached hydrogen (secondary N) is 1. The first kappa shape index (κ1) is 41.5. The van der Waals surface area contributed by atoms with Crippen LogP contribution >= 0.6 is 0 Å². The van der Waals surface area contributed by atoms with Crippen molar-refractivity contribution in [2.45, 2.75) is 50.2 Å². The molecule has 0 radical (unpaired) electrons. The third kappa shape index (κ3) is 9.19. The van der Waals surface area contributed by atoms with Gasteiger partial charge in [-0.1, -0.05) is 54.6 Å². The highest BCUT2D eigenvalue weighted by atomic mass is 16.6. The second-order valence-electron chi connectivity index (χ2n) is 13.3. The van der Waals surface area contributed by atoms with Gasteiger partial charge in [0.1, 0.15) is 35.5 Å². The third-order valence-electron chi connectivity index (χ3n) is 9.66. The Morgan fingerprint density at radius 2 is 1.42 bits per heavy atom. The number of hydrogen-bond donors (Lipinski definition) is 1. The number of rotatable bonds is 16. The van der Waals surface area contributed by atoms with E-state index in [0.717, 1.165) is 17.7 Å². The van der Waals surface area contributed by atoms with E-state index in [1.54, 1.807) is 38.5 Å². The quantitative estimate of drug-likeness (QED) is 0.0440. The number of carbonyl (C=O) groups excluding carboxylic acids is 2. The van der Waals surface area contributed by atoms with Crippen LogP contribution in [0.1, 0.15) is 47.7 Å². The highest BCUT2D eigenvalue weighted by Gasteiger charge is 2.44. The van der Waals surface area contributed by atoms with Crippen molar-refractivity contribution in [3.63, 3.8) is 0 Å². The van der Waals surface area contributed by atoms with E-state index in [-0.39, 0.29) is 18.6 Å². The molecule has 3 atom stereocenters. The lowest BCUT2D eigenvalue weighted by atomic mass is 9.80. The lowest BCUT2D eigenvalue weighted by molar-refractivity contribution is -0.394. The van der Waals surface area contributed by atoms with Crippen LogP contribution in [0.25, 0.3) is 0 Å². The summed E-state index contributed by atoms with van der Waals surface area (Å²) in [5.74, 6) is -1.24. The van der Waals surface area contributed by atoms with E-state index in [4.69, 9.17) is 28.4 Å². The molecule has 0 bridgehead atoms. The van der Waals surface area contributed by atoms with Crippen molar-refractivity contribution in [1.29, 1.82) is 0 Å². The standard InChI is InChI=1S/C41H38N4O14/c1-25-23-43(40(49)42-39(25)48)36-22-34(59-38(47)20-19-37(46)58-33-18-13-29(44(50)51)21-32(33)45(52)53)35(57-36)24-56-41(26-7-5-4-6-8-26,27-9-14-30(54-2)15-10-27)28-11-16-31(55-3)17-12-28/h4-18,21,23,34-36H,19-20,22,24H2,1-3H3,(H,42,48,49)/t34-,35+,36+/m0/s1. The van der Waals surface area contributed by atoms with Crippen LogP contribution in [-0.2, 0) is 29.4 Å². The molecule has 6 rings (SSSR count). The van der Waals surface area contributed by atoms with Gasteiger partial charge in [0.15, 0.2) is 0 Å². The highest BCUT2D eigenvalue weighted by molar-refractivity contribution is 5.80. The van der Waals surface area contributed by atoms with Crippen molar-refractivity contribution >= 4 is 23.3 Å². The van der Waals surface area contributed by atoms with Crippen LogP contribution in [0.2, 0.25) is 0 Å². The number of carbonyl (C=O) groups is 2. The molecule has 306 valence electrons. The zero-order valence-corrected chi connectivity index (χ0v) is 31.9. The van der Waals surface area contributed by atoms with Gasteiger partial charge in [-0.3, -0.25) is 44.2 Å². The summed E-state index contributed by atoms with van der Waals surface area (Å²) in [4.78, 5) is 74.3. The molecule has 1 saturated heterocycles. The van der Waals surface area contributed by atoms with Crippen molar-refractivity contribution in [3.8, 4) is 17.2 Å². The second kappa shape index (κ2) is 18.0. The number of ether oxygens (including phenoxy) is 6. The predicted octanol–water partition coefficient (Wildman–Crippen LogP) is 5.27. The summed E-state index contributed by atoms with van der Waals surface area (Å²) in [6.45, 7) is 1.30. The van der Waals surface area contributed by atoms with Gasteiger partial charge in [-0.15, -0.1) is 0 Å². The van der Waals surface area contributed by atoms with E-state index < -0.39 is 87.0 Å². The molecular weight excluding hydrogens is 772 g/mol. The number of non-ortho nitro benzene ring substituents is 1. The van der Waals surface area contributed by atoms with Gasteiger partial charge < -0.3 is 28.4 Å². The Hall–Kier alpha value is -7.18. The molecule has 1 aromatic heterocycles. The molecule has 0 aliphatic carbocycles. The number of aromatic amines is 1. The molecule has 2 heterocycles. The third-order valence-corrected chi connectivity index (χ3v) is 9.66. The Morgan fingerprint density at radius 1 is 0.831 bits per heavy atom. The summed E-state index contributed by atoms with van der Waals surface area (Å²) in [5, 5.41) is 22.6. The molecule has 0 spiro atoms. The Bertz CT molecular complexity index is 2400. The lowest BCUT2D eigenvalue weighted by Gasteiger charge is -2.37. The van der Waals surface area contributed by atoms with Gasteiger partial charge in [0.05, 0.1) is 49.6 Å². The molecule has 18 heteroatoms. The number of aryl methyl sites for hydroxylation is 1. The van der Waals surface area contributed by atoms with E-state index in [9.17, 15) is 39.4 Å². The van der Waals surface area contributed by atoms with Gasteiger partial charge in [-0.05, 0) is 53.9 Å². The molecule has 1 aliphatic heterocycles. The summed E-state index contributed by atoms with van der Waals surface area (Å²) in [5.41, 5.74) is -1.65. The molecule has 0 saturated carbocycles. The van der Waals surface area contributed by atoms with Gasteiger partial charge in [0.25, 0.3) is 11.2 Å². The van der Waals surface area contributed by atoms with Gasteiger partial charge >= 0.3 is 23.3 Å². The fourth-order valence-corrected chi connectivity index (χ4v) is 6.68. The molecule has 4 aromatic carbocycles. The fourth-order valence-electron chi connectivity index (χ4n) is 6.68. The van der Waals surface area contributed by atoms with Crippen LogP contribution in [0.3, 0.4) is 0 Å². The lowest BCUT2D eigenvalue weighted by Crippen LogP contribution is -2.39. The van der Waals surface area contributed by atoms with Crippen LogP contribution in [0.4, 0.5) is 11.4 Å². The van der Waals surface area contributed by atoms with Crippen LogP contribution in [0, 0.1) is 27.2 Å². The van der Waals surface area contributed by atoms with Crippen LogP contribution < -0.4 is 25.5 Å². The van der Waals surface area contributed by atoms with E-state index in [1.807, 2.05) is 54.6 Å². The van der Waals surface area contributed by atoms with Crippen molar-refractivity contribution in [2.75, 3.05) is 20.8 Å². The topological polar surface area (TPSA) is 231 Å². The minimum Gasteiger partial charge on any atom is -0.497 e. The van der Waals surface area contributed by atoms with Crippen LogP contribution in [0.5, 0.6) is 17.2 Å². The average Bonchev–Trinajstić information content (AvgIpc) is 3.64. The number of nitro benzene ring substituents is 2. The number of nitrogens with zero attached hydrogens (tertiary/aromatic N) is 3. The normalized spacial score (nSPS) is 16.2. The number of hydrogen-bond acceptors (Lipinski definition) is 14. The number of aromatic nitrogens is 2. The van der Waals surface area contributed by atoms with E-state index in [1.165, 1.54) is 17.7 Å². The summed E-state index contributed by atoms with van der Waals surface area (Å²) >= 11 is 0. The monoisotopic (exact) mass is 810 g/mol. The fraction of sp³-hybridized carbons (Fsp3) is 0.268. The maximum absolute atomic E-state index is 13.3. The molecule has 1 aliphatic rings. The Kier molecular flexibility index (Phi) is 12.6.